The predicted octanol–water partition coefficient (Wildman–Crippen LogP) is 6.24. The highest BCUT2D eigenvalue weighted by molar-refractivity contribution is 6.37. The van der Waals surface area contributed by atoms with E-state index in [9.17, 15) is 14.7 Å². The fourth-order valence-corrected chi connectivity index (χ4v) is 4.35. The molecule has 1 aliphatic heterocycles. The third kappa shape index (κ3) is 7.29. The summed E-state index contributed by atoms with van der Waals surface area (Å²) in [4.78, 5) is 25.7. The Bertz CT molecular complexity index is 1100. The zero-order valence-corrected chi connectivity index (χ0v) is 21.7. The lowest BCUT2D eigenvalue weighted by molar-refractivity contribution is -0.132. The number of halogens is 2. The van der Waals surface area contributed by atoms with Crippen molar-refractivity contribution in [1.82, 2.24) is 4.90 Å². The summed E-state index contributed by atoms with van der Waals surface area (Å²) < 4.78 is 16.8. The summed E-state index contributed by atoms with van der Waals surface area (Å²) in [6.45, 7) is 8.10. The number of carbonyl (C=O) groups is 2. The molecular weight excluding hydrogens is 493 g/mol. The van der Waals surface area contributed by atoms with Gasteiger partial charge in [-0.05, 0) is 75.1 Å². The number of amides is 1. The molecule has 1 N–H and O–H groups in total. The highest BCUT2D eigenvalue weighted by atomic mass is 35.5. The van der Waals surface area contributed by atoms with E-state index in [4.69, 9.17) is 37.4 Å². The van der Waals surface area contributed by atoms with Gasteiger partial charge < -0.3 is 24.2 Å². The van der Waals surface area contributed by atoms with Gasteiger partial charge in [-0.1, -0.05) is 35.3 Å². The molecule has 35 heavy (non-hydrogen) atoms. The van der Waals surface area contributed by atoms with Crippen molar-refractivity contribution in [3.63, 3.8) is 0 Å². The lowest BCUT2D eigenvalue weighted by Crippen LogP contribution is -2.41. The van der Waals surface area contributed by atoms with Gasteiger partial charge in [-0.15, -0.1) is 0 Å². The third-order valence-corrected chi connectivity index (χ3v) is 5.76. The Morgan fingerprint density at radius 1 is 1.03 bits per heavy atom. The predicted molar refractivity (Wildman–Crippen MR) is 136 cm³/mol. The van der Waals surface area contributed by atoms with E-state index in [2.05, 4.69) is 0 Å². The minimum atomic E-state index is -1.06. The summed E-state index contributed by atoms with van der Waals surface area (Å²) in [7, 11) is 0. The monoisotopic (exact) mass is 521 g/mol. The van der Waals surface area contributed by atoms with Gasteiger partial charge in [0.05, 0.1) is 22.2 Å². The second-order valence-electron chi connectivity index (χ2n) is 9.19. The molecule has 0 saturated carbocycles. The molecule has 3 rings (SSSR count). The maximum absolute atomic E-state index is 12.4. The van der Waals surface area contributed by atoms with Gasteiger partial charge in [-0.25, -0.2) is 9.59 Å². The molecule has 1 aliphatic rings. The quantitative estimate of drug-likeness (QED) is 0.434. The first-order valence-electron chi connectivity index (χ1n) is 11.2. The second-order valence-corrected chi connectivity index (χ2v) is 10.0. The van der Waals surface area contributed by atoms with Gasteiger partial charge in [0, 0.05) is 6.54 Å². The van der Waals surface area contributed by atoms with Crippen LogP contribution in [0.1, 0.15) is 38.3 Å². The largest absolute Gasteiger partial charge is 0.490 e. The fourth-order valence-electron chi connectivity index (χ4n) is 3.64. The summed E-state index contributed by atoms with van der Waals surface area (Å²) in [5.74, 6) is -0.0231. The molecule has 7 nitrogen and oxygen atoms in total. The molecule has 0 aromatic heterocycles. The number of ether oxygens (including phenoxy) is 3. The van der Waals surface area contributed by atoms with Crippen LogP contribution in [0.3, 0.4) is 0 Å². The van der Waals surface area contributed by atoms with Crippen LogP contribution in [-0.4, -0.2) is 54.0 Å². The number of carboxylic acids is 1. The molecule has 2 aromatic rings. The van der Waals surface area contributed by atoms with Crippen molar-refractivity contribution >= 4 is 40.8 Å². The average molecular weight is 522 g/mol. The van der Waals surface area contributed by atoms with Crippen molar-refractivity contribution in [2.45, 2.75) is 39.7 Å². The number of nitrogens with zero attached hydrogens (tertiary/aromatic N) is 1. The molecule has 0 atom stereocenters. The lowest BCUT2D eigenvalue weighted by atomic mass is 9.93. The number of aliphatic carboxylic acids is 1. The highest BCUT2D eigenvalue weighted by Crippen LogP contribution is 2.34. The van der Waals surface area contributed by atoms with E-state index in [1.54, 1.807) is 45.0 Å². The van der Waals surface area contributed by atoms with Crippen LogP contribution in [0.15, 0.2) is 42.0 Å². The molecule has 1 amide bonds. The van der Waals surface area contributed by atoms with Crippen LogP contribution in [0, 0.1) is 6.92 Å². The van der Waals surface area contributed by atoms with E-state index in [1.165, 1.54) is 4.90 Å². The zero-order valence-electron chi connectivity index (χ0n) is 20.2. The molecule has 0 fully saturated rings. The smallest absolute Gasteiger partial charge is 0.410 e. The molecule has 1 heterocycles. The third-order valence-electron chi connectivity index (χ3n) is 5.20. The number of hydrogen-bond donors (Lipinski definition) is 1. The van der Waals surface area contributed by atoms with Gasteiger partial charge in [0.1, 0.15) is 24.6 Å². The Balaban J connectivity index is 1.61. The van der Waals surface area contributed by atoms with Crippen molar-refractivity contribution in [2.75, 3.05) is 26.3 Å². The molecule has 2 aromatic carbocycles. The van der Waals surface area contributed by atoms with Gasteiger partial charge >= 0.3 is 12.1 Å². The van der Waals surface area contributed by atoms with Crippen molar-refractivity contribution in [1.29, 1.82) is 0 Å². The molecule has 0 radical (unpaired) electrons. The average Bonchev–Trinajstić information content (AvgIpc) is 2.76. The van der Waals surface area contributed by atoms with E-state index >= 15 is 0 Å². The minimum absolute atomic E-state index is 0.0146. The number of rotatable bonds is 7. The minimum Gasteiger partial charge on any atom is -0.490 e. The van der Waals surface area contributed by atoms with E-state index in [0.29, 0.717) is 40.1 Å². The molecule has 0 aliphatic carbocycles. The van der Waals surface area contributed by atoms with Crippen LogP contribution in [0.5, 0.6) is 11.5 Å². The molecule has 0 unspecified atom stereocenters. The first-order valence-corrected chi connectivity index (χ1v) is 11.9. The van der Waals surface area contributed by atoms with Crippen molar-refractivity contribution in [2.24, 2.45) is 0 Å². The van der Waals surface area contributed by atoms with Gasteiger partial charge in [-0.2, -0.15) is 0 Å². The first-order chi connectivity index (χ1) is 16.4. The molecule has 9 heteroatoms. The van der Waals surface area contributed by atoms with E-state index in [-0.39, 0.29) is 25.3 Å². The summed E-state index contributed by atoms with van der Waals surface area (Å²) in [5, 5.41) is 10.6. The number of aryl methyl sites for hydroxylation is 1. The van der Waals surface area contributed by atoms with Crippen LogP contribution in [-0.2, 0) is 9.53 Å². The summed E-state index contributed by atoms with van der Waals surface area (Å²) in [6.07, 6.45) is -0.109. The van der Waals surface area contributed by atoms with Crippen molar-refractivity contribution in [3.8, 4) is 11.5 Å². The van der Waals surface area contributed by atoms with Crippen LogP contribution >= 0.6 is 23.2 Å². The Hall–Kier alpha value is -2.90. The Kier molecular flexibility index (Phi) is 8.56. The van der Waals surface area contributed by atoms with Gasteiger partial charge in [-0.3, -0.25) is 0 Å². The fraction of sp³-hybridized carbons (Fsp3) is 0.385. The molecule has 0 saturated heterocycles. The molecule has 0 bridgehead atoms. The van der Waals surface area contributed by atoms with Gasteiger partial charge in [0.2, 0.25) is 0 Å². The van der Waals surface area contributed by atoms with E-state index in [1.807, 2.05) is 19.1 Å². The Morgan fingerprint density at radius 3 is 2.20 bits per heavy atom. The lowest BCUT2D eigenvalue weighted by Gasteiger charge is -2.31. The van der Waals surface area contributed by atoms with Gasteiger partial charge in [0.25, 0.3) is 0 Å². The second kappa shape index (κ2) is 11.2. The zero-order chi connectivity index (χ0) is 25.8. The summed E-state index contributed by atoms with van der Waals surface area (Å²) in [5.41, 5.74) is 1.93. The van der Waals surface area contributed by atoms with Crippen molar-refractivity contribution < 1.29 is 28.9 Å². The van der Waals surface area contributed by atoms with Crippen LogP contribution in [0.4, 0.5) is 4.79 Å². The summed E-state index contributed by atoms with van der Waals surface area (Å²) in [6, 6.07) is 10.7. The van der Waals surface area contributed by atoms with Crippen LogP contribution in [0.25, 0.3) is 5.57 Å². The maximum Gasteiger partial charge on any atom is 0.410 e. The number of hydrogen-bond acceptors (Lipinski definition) is 5. The van der Waals surface area contributed by atoms with Crippen molar-refractivity contribution in [3.05, 3.63) is 63.1 Å². The Morgan fingerprint density at radius 2 is 1.63 bits per heavy atom. The van der Waals surface area contributed by atoms with E-state index < -0.39 is 17.7 Å². The molecule has 0 spiro atoms. The van der Waals surface area contributed by atoms with Gasteiger partial charge in [0.15, 0.2) is 5.75 Å². The number of carboxylic acid groups (broad SMARTS) is 1. The summed E-state index contributed by atoms with van der Waals surface area (Å²) >= 11 is 12.4. The molecule has 188 valence electrons. The Labute approximate surface area is 215 Å². The first kappa shape index (κ1) is 26.7. The highest BCUT2D eigenvalue weighted by Gasteiger charge is 2.30. The van der Waals surface area contributed by atoms with E-state index in [0.717, 1.165) is 11.1 Å². The van der Waals surface area contributed by atoms with Crippen LogP contribution < -0.4 is 9.47 Å². The molecular formula is C26H29Cl2NO6. The normalized spacial score (nSPS) is 14.1. The maximum atomic E-state index is 12.4. The van der Waals surface area contributed by atoms with Crippen LogP contribution in [0.2, 0.25) is 10.0 Å². The topological polar surface area (TPSA) is 85.3 Å². The number of carbonyl (C=O) groups excluding carboxylic acids is 1. The SMILES string of the molecule is Cc1cc(Cl)c(OCCOc2ccc(C3=C(C(=O)O)CN(C(=O)OC(C)(C)C)CC3)cc2)c(Cl)c1. The standard InChI is InChI=1S/C26H29Cl2NO6/c1-16-13-21(27)23(22(28)14-16)34-12-11-33-18-7-5-17(6-8-18)19-9-10-29(15-20(19)24(30)31)25(32)35-26(2,3)4/h5-8,13-14H,9-12,15H2,1-4H3,(H,30,31). The number of benzene rings is 2.